The van der Waals surface area contributed by atoms with Crippen molar-refractivity contribution < 1.29 is 9.53 Å². The van der Waals surface area contributed by atoms with Gasteiger partial charge in [0, 0.05) is 26.2 Å². The molecule has 0 spiro atoms. The van der Waals surface area contributed by atoms with Crippen LogP contribution < -0.4 is 0 Å². The Morgan fingerprint density at radius 1 is 1.32 bits per heavy atom. The van der Waals surface area contributed by atoms with Gasteiger partial charge in [-0.25, -0.2) is 0 Å². The molecule has 1 aliphatic rings. The van der Waals surface area contributed by atoms with Gasteiger partial charge >= 0.3 is 5.97 Å². The molecule has 104 valence electrons. The highest BCUT2D eigenvalue weighted by atomic mass is 16.5. The highest BCUT2D eigenvalue weighted by molar-refractivity contribution is 5.76. The van der Waals surface area contributed by atoms with Crippen molar-refractivity contribution in [3.63, 3.8) is 0 Å². The summed E-state index contributed by atoms with van der Waals surface area (Å²) in [7, 11) is 1.99. The minimum absolute atomic E-state index is 0.109. The van der Waals surface area contributed by atoms with Crippen molar-refractivity contribution in [3.05, 3.63) is 35.9 Å². The molecule has 0 bridgehead atoms. The van der Waals surface area contributed by atoms with Crippen LogP contribution in [0, 0.1) is 0 Å². The normalized spacial score (nSPS) is 21.3. The smallest absolute Gasteiger partial charge is 0.324 e. The first kappa shape index (κ1) is 14.0. The van der Waals surface area contributed by atoms with Crippen LogP contribution >= 0.6 is 0 Å². The van der Waals surface area contributed by atoms with Gasteiger partial charge in [0.05, 0.1) is 6.61 Å². The Kier molecular flexibility index (Phi) is 4.93. The van der Waals surface area contributed by atoms with Crippen LogP contribution in [0.25, 0.3) is 0 Å². The minimum atomic E-state index is -0.141. The molecule has 4 nitrogen and oxygen atoms in total. The Balaban J connectivity index is 1.95. The maximum atomic E-state index is 11.9. The van der Waals surface area contributed by atoms with Crippen molar-refractivity contribution in [2.75, 3.05) is 33.3 Å². The van der Waals surface area contributed by atoms with Gasteiger partial charge in [0.25, 0.3) is 0 Å². The van der Waals surface area contributed by atoms with E-state index in [9.17, 15) is 4.79 Å². The lowest BCUT2D eigenvalue weighted by Gasteiger charge is -2.37. The predicted molar refractivity (Wildman–Crippen MR) is 74.8 cm³/mol. The number of rotatable bonds is 4. The van der Waals surface area contributed by atoms with Crippen LogP contribution in [0.15, 0.2) is 30.3 Å². The van der Waals surface area contributed by atoms with Gasteiger partial charge in [-0.15, -0.1) is 0 Å². The fourth-order valence-electron chi connectivity index (χ4n) is 2.41. The van der Waals surface area contributed by atoms with Gasteiger partial charge in [-0.2, -0.15) is 0 Å². The van der Waals surface area contributed by atoms with Crippen molar-refractivity contribution in [3.8, 4) is 0 Å². The van der Waals surface area contributed by atoms with E-state index in [0.717, 1.165) is 26.2 Å². The van der Waals surface area contributed by atoms with Gasteiger partial charge in [0.1, 0.15) is 6.04 Å². The molecule has 1 aromatic rings. The molecule has 4 heteroatoms. The molecule has 19 heavy (non-hydrogen) atoms. The number of esters is 1. The van der Waals surface area contributed by atoms with Crippen molar-refractivity contribution in [1.82, 2.24) is 9.80 Å². The maximum absolute atomic E-state index is 11.9. The number of ether oxygens (including phenoxy) is 1. The second-order valence-electron chi connectivity index (χ2n) is 4.97. The average molecular weight is 262 g/mol. The lowest BCUT2D eigenvalue weighted by Crippen LogP contribution is -2.54. The molecular weight excluding hydrogens is 240 g/mol. The van der Waals surface area contributed by atoms with Crippen molar-refractivity contribution in [2.24, 2.45) is 0 Å². The summed E-state index contributed by atoms with van der Waals surface area (Å²) in [6, 6.07) is 10.2. The lowest BCUT2D eigenvalue weighted by atomic mass is 10.1. The zero-order valence-electron chi connectivity index (χ0n) is 11.7. The number of benzene rings is 1. The summed E-state index contributed by atoms with van der Waals surface area (Å²) in [5.41, 5.74) is 1.29. The molecular formula is C15H22N2O2. The molecule has 1 saturated heterocycles. The molecule has 1 fully saturated rings. The van der Waals surface area contributed by atoms with E-state index in [1.807, 2.05) is 32.2 Å². The van der Waals surface area contributed by atoms with Crippen LogP contribution in [-0.2, 0) is 16.1 Å². The number of carbonyl (C=O) groups is 1. The Bertz CT molecular complexity index is 408. The molecule has 1 heterocycles. The Hall–Kier alpha value is -1.39. The van der Waals surface area contributed by atoms with Gasteiger partial charge in [-0.05, 0) is 19.5 Å². The van der Waals surface area contributed by atoms with Crippen molar-refractivity contribution in [1.29, 1.82) is 0 Å². The number of hydrogen-bond acceptors (Lipinski definition) is 4. The first-order valence-electron chi connectivity index (χ1n) is 6.84. The zero-order valence-corrected chi connectivity index (χ0v) is 11.7. The van der Waals surface area contributed by atoms with Crippen LogP contribution in [-0.4, -0.2) is 55.1 Å². The van der Waals surface area contributed by atoms with E-state index in [2.05, 4.69) is 21.9 Å². The molecule has 0 radical (unpaired) electrons. The average Bonchev–Trinajstić information content (AvgIpc) is 2.42. The molecule has 0 aromatic heterocycles. The molecule has 1 aliphatic heterocycles. The lowest BCUT2D eigenvalue weighted by molar-refractivity contribution is -0.151. The molecule has 0 saturated carbocycles. The largest absolute Gasteiger partial charge is 0.465 e. The summed E-state index contributed by atoms with van der Waals surface area (Å²) in [6.45, 7) is 5.82. The van der Waals surface area contributed by atoms with Gasteiger partial charge < -0.3 is 4.74 Å². The minimum Gasteiger partial charge on any atom is -0.465 e. The van der Waals surface area contributed by atoms with Gasteiger partial charge in [-0.1, -0.05) is 30.3 Å². The summed E-state index contributed by atoms with van der Waals surface area (Å²) in [6.07, 6.45) is 0. The molecule has 1 unspecified atom stereocenters. The monoisotopic (exact) mass is 262 g/mol. The van der Waals surface area contributed by atoms with Crippen LogP contribution in [0.2, 0.25) is 0 Å². The van der Waals surface area contributed by atoms with Gasteiger partial charge in [0.2, 0.25) is 0 Å². The number of nitrogens with zero attached hydrogens (tertiary/aromatic N) is 2. The second-order valence-corrected chi connectivity index (χ2v) is 4.97. The number of carbonyl (C=O) groups excluding carboxylic acids is 1. The van der Waals surface area contributed by atoms with E-state index < -0.39 is 0 Å². The van der Waals surface area contributed by atoms with E-state index in [0.29, 0.717) is 6.61 Å². The molecule has 0 amide bonds. The van der Waals surface area contributed by atoms with Crippen LogP contribution in [0.1, 0.15) is 12.5 Å². The summed E-state index contributed by atoms with van der Waals surface area (Å²) in [5.74, 6) is -0.109. The zero-order chi connectivity index (χ0) is 13.7. The summed E-state index contributed by atoms with van der Waals surface area (Å²) in [4.78, 5) is 16.3. The van der Waals surface area contributed by atoms with E-state index in [-0.39, 0.29) is 12.0 Å². The standard InChI is InChI=1S/C15H22N2O2/c1-3-19-15(18)14-12-17(10-9-16(14)2)11-13-7-5-4-6-8-13/h4-8,14H,3,9-12H2,1-2H3. The van der Waals surface area contributed by atoms with E-state index >= 15 is 0 Å². The van der Waals surface area contributed by atoms with Gasteiger partial charge in [-0.3, -0.25) is 14.6 Å². The highest BCUT2D eigenvalue weighted by Crippen LogP contribution is 2.13. The molecule has 0 aliphatic carbocycles. The summed E-state index contributed by atoms with van der Waals surface area (Å²) in [5, 5.41) is 0. The predicted octanol–water partition coefficient (Wildman–Crippen LogP) is 1.37. The van der Waals surface area contributed by atoms with E-state index in [1.165, 1.54) is 5.56 Å². The van der Waals surface area contributed by atoms with Gasteiger partial charge in [0.15, 0.2) is 0 Å². The van der Waals surface area contributed by atoms with E-state index in [1.54, 1.807) is 0 Å². The summed E-state index contributed by atoms with van der Waals surface area (Å²) < 4.78 is 5.14. The van der Waals surface area contributed by atoms with Crippen LogP contribution in [0.5, 0.6) is 0 Å². The number of piperazine rings is 1. The maximum Gasteiger partial charge on any atom is 0.324 e. The number of hydrogen-bond donors (Lipinski definition) is 0. The number of likely N-dealkylation sites (N-methyl/N-ethyl adjacent to an activating group) is 1. The highest BCUT2D eigenvalue weighted by Gasteiger charge is 2.30. The SMILES string of the molecule is CCOC(=O)C1CN(Cc2ccccc2)CCN1C. The van der Waals surface area contributed by atoms with Crippen molar-refractivity contribution in [2.45, 2.75) is 19.5 Å². The Labute approximate surface area is 115 Å². The Morgan fingerprint density at radius 2 is 2.05 bits per heavy atom. The molecule has 1 aromatic carbocycles. The van der Waals surface area contributed by atoms with E-state index in [4.69, 9.17) is 4.74 Å². The Morgan fingerprint density at radius 3 is 2.74 bits per heavy atom. The molecule has 2 rings (SSSR count). The van der Waals surface area contributed by atoms with Crippen LogP contribution in [0.4, 0.5) is 0 Å². The van der Waals surface area contributed by atoms with Crippen LogP contribution in [0.3, 0.4) is 0 Å². The fourth-order valence-corrected chi connectivity index (χ4v) is 2.41. The first-order chi connectivity index (χ1) is 9.20. The quantitative estimate of drug-likeness (QED) is 0.767. The molecule has 1 atom stereocenters. The van der Waals surface area contributed by atoms with Crippen molar-refractivity contribution >= 4 is 5.97 Å². The second kappa shape index (κ2) is 6.68. The molecule has 0 N–H and O–H groups in total. The fraction of sp³-hybridized carbons (Fsp3) is 0.533. The third-order valence-corrected chi connectivity index (χ3v) is 3.54. The third-order valence-electron chi connectivity index (χ3n) is 3.54. The third kappa shape index (κ3) is 3.78. The topological polar surface area (TPSA) is 32.8 Å². The summed E-state index contributed by atoms with van der Waals surface area (Å²) >= 11 is 0. The first-order valence-corrected chi connectivity index (χ1v) is 6.84.